The summed E-state index contributed by atoms with van der Waals surface area (Å²) >= 11 is 0. The molecule has 0 aromatic heterocycles. The number of likely N-dealkylation sites (tertiary alicyclic amines) is 1. The molecular weight excluding hydrogens is 278 g/mol. The van der Waals surface area contributed by atoms with Crippen LogP contribution >= 0.6 is 0 Å². The second kappa shape index (κ2) is 6.95. The van der Waals surface area contributed by atoms with Gasteiger partial charge in [-0.2, -0.15) is 0 Å². The molecule has 2 N–H and O–H groups in total. The molecule has 1 aliphatic heterocycles. The summed E-state index contributed by atoms with van der Waals surface area (Å²) in [5, 5.41) is 13.0. The van der Waals surface area contributed by atoms with E-state index in [1.807, 2.05) is 4.90 Å². The van der Waals surface area contributed by atoms with Crippen LogP contribution in [0, 0.1) is 11.6 Å². The Bertz CT molecular complexity index is 510. The number of hydrogen-bond donors (Lipinski definition) is 2. The van der Waals surface area contributed by atoms with Crippen molar-refractivity contribution in [2.45, 2.75) is 31.9 Å². The topological polar surface area (TPSA) is 52.6 Å². The van der Waals surface area contributed by atoms with Gasteiger partial charge in [0.15, 0.2) is 0 Å². The summed E-state index contributed by atoms with van der Waals surface area (Å²) in [6.45, 7) is 3.15. The Morgan fingerprint density at radius 3 is 2.95 bits per heavy atom. The highest BCUT2D eigenvalue weighted by Gasteiger charge is 2.23. The molecule has 1 saturated heterocycles. The third-order valence-corrected chi connectivity index (χ3v) is 3.67. The van der Waals surface area contributed by atoms with Crippen LogP contribution < -0.4 is 5.32 Å². The Labute approximate surface area is 122 Å². The second-order valence-corrected chi connectivity index (χ2v) is 5.48. The molecule has 4 nitrogen and oxygen atoms in total. The van der Waals surface area contributed by atoms with Crippen molar-refractivity contribution in [3.8, 4) is 0 Å². The number of halogens is 2. The average molecular weight is 298 g/mol. The molecule has 0 spiro atoms. The molecule has 6 heteroatoms. The lowest BCUT2D eigenvalue weighted by Crippen LogP contribution is -2.48. The molecule has 1 amide bonds. The molecule has 0 radical (unpaired) electrons. The lowest BCUT2D eigenvalue weighted by Gasteiger charge is -2.34. The van der Waals surface area contributed by atoms with E-state index in [1.165, 1.54) is 13.0 Å². The molecule has 0 saturated carbocycles. The van der Waals surface area contributed by atoms with Crippen LogP contribution in [0.2, 0.25) is 0 Å². The summed E-state index contributed by atoms with van der Waals surface area (Å²) in [4.78, 5) is 13.1. The minimum atomic E-state index is -1.01. The van der Waals surface area contributed by atoms with Crippen molar-refractivity contribution in [1.82, 2.24) is 10.2 Å². The standard InChI is InChI=1S/C15H20F2N2O2/c1-10(20)18-12-3-2-6-19(8-12)9-15(21)13-5-4-11(16)7-14(13)17/h4-5,7,12,15,21H,2-3,6,8-9H2,1H3,(H,18,20). The van der Waals surface area contributed by atoms with Crippen LogP contribution in [-0.4, -0.2) is 41.6 Å². The molecule has 1 fully saturated rings. The van der Waals surface area contributed by atoms with Gasteiger partial charge in [0.25, 0.3) is 0 Å². The van der Waals surface area contributed by atoms with Crippen LogP contribution in [0.5, 0.6) is 0 Å². The molecule has 2 atom stereocenters. The zero-order valence-corrected chi connectivity index (χ0v) is 12.0. The largest absolute Gasteiger partial charge is 0.387 e. The van der Waals surface area contributed by atoms with Crippen molar-refractivity contribution >= 4 is 5.91 Å². The van der Waals surface area contributed by atoms with Gasteiger partial charge in [0, 0.05) is 37.7 Å². The Hall–Kier alpha value is -1.53. The summed E-state index contributed by atoms with van der Waals surface area (Å²) in [7, 11) is 0. The predicted molar refractivity (Wildman–Crippen MR) is 74.6 cm³/mol. The molecule has 2 rings (SSSR count). The Morgan fingerprint density at radius 1 is 1.52 bits per heavy atom. The molecule has 0 aliphatic carbocycles. The molecule has 0 bridgehead atoms. The molecule has 2 unspecified atom stereocenters. The monoisotopic (exact) mass is 298 g/mol. The number of amides is 1. The van der Waals surface area contributed by atoms with E-state index in [0.29, 0.717) is 6.54 Å². The van der Waals surface area contributed by atoms with Crippen LogP contribution in [0.1, 0.15) is 31.4 Å². The van der Waals surface area contributed by atoms with E-state index in [9.17, 15) is 18.7 Å². The number of β-amino-alcohol motifs (C(OH)–C–C–N with tert-alkyl or cyclic N) is 1. The third-order valence-electron chi connectivity index (χ3n) is 3.67. The van der Waals surface area contributed by atoms with Gasteiger partial charge in [-0.15, -0.1) is 0 Å². The highest BCUT2D eigenvalue weighted by molar-refractivity contribution is 5.73. The highest BCUT2D eigenvalue weighted by Crippen LogP contribution is 2.21. The van der Waals surface area contributed by atoms with E-state index in [2.05, 4.69) is 5.32 Å². The molecule has 1 heterocycles. The number of piperidine rings is 1. The van der Waals surface area contributed by atoms with Crippen LogP contribution in [-0.2, 0) is 4.79 Å². The SMILES string of the molecule is CC(=O)NC1CCCN(CC(O)c2ccc(F)cc2F)C1. The van der Waals surface area contributed by atoms with Gasteiger partial charge in [0.2, 0.25) is 5.91 Å². The minimum Gasteiger partial charge on any atom is -0.387 e. The molecule has 1 aromatic carbocycles. The van der Waals surface area contributed by atoms with Crippen molar-refractivity contribution in [3.05, 3.63) is 35.4 Å². The van der Waals surface area contributed by atoms with Crippen LogP contribution in [0.15, 0.2) is 18.2 Å². The van der Waals surface area contributed by atoms with Crippen molar-refractivity contribution < 1.29 is 18.7 Å². The third kappa shape index (κ3) is 4.47. The first-order valence-electron chi connectivity index (χ1n) is 7.08. The normalized spacial score (nSPS) is 21.0. The molecule has 1 aliphatic rings. The van der Waals surface area contributed by atoms with E-state index < -0.39 is 17.7 Å². The Morgan fingerprint density at radius 2 is 2.29 bits per heavy atom. The first-order valence-corrected chi connectivity index (χ1v) is 7.08. The van der Waals surface area contributed by atoms with Crippen molar-refractivity contribution in [1.29, 1.82) is 0 Å². The number of carbonyl (C=O) groups excluding carboxylic acids is 1. The van der Waals surface area contributed by atoms with Crippen molar-refractivity contribution in [2.24, 2.45) is 0 Å². The zero-order chi connectivity index (χ0) is 15.4. The van der Waals surface area contributed by atoms with E-state index in [-0.39, 0.29) is 24.1 Å². The maximum Gasteiger partial charge on any atom is 0.217 e. The first kappa shape index (κ1) is 15.9. The van der Waals surface area contributed by atoms with Gasteiger partial charge in [0.1, 0.15) is 11.6 Å². The Balaban J connectivity index is 1.95. The maximum absolute atomic E-state index is 13.6. The second-order valence-electron chi connectivity index (χ2n) is 5.48. The zero-order valence-electron chi connectivity index (χ0n) is 12.0. The van der Waals surface area contributed by atoms with E-state index >= 15 is 0 Å². The fraction of sp³-hybridized carbons (Fsp3) is 0.533. The van der Waals surface area contributed by atoms with Crippen molar-refractivity contribution in [2.75, 3.05) is 19.6 Å². The number of hydrogen-bond acceptors (Lipinski definition) is 3. The van der Waals surface area contributed by atoms with Gasteiger partial charge in [-0.1, -0.05) is 6.07 Å². The van der Waals surface area contributed by atoms with Gasteiger partial charge in [-0.05, 0) is 25.5 Å². The summed E-state index contributed by atoms with van der Waals surface area (Å²) in [6, 6.07) is 3.23. The quantitative estimate of drug-likeness (QED) is 0.888. The highest BCUT2D eigenvalue weighted by atomic mass is 19.1. The lowest BCUT2D eigenvalue weighted by atomic mass is 10.0. The first-order chi connectivity index (χ1) is 9.95. The van der Waals surface area contributed by atoms with Gasteiger partial charge < -0.3 is 10.4 Å². The van der Waals surface area contributed by atoms with Crippen LogP contribution in [0.25, 0.3) is 0 Å². The number of nitrogens with one attached hydrogen (secondary N) is 1. The maximum atomic E-state index is 13.6. The van der Waals surface area contributed by atoms with E-state index in [1.54, 1.807) is 0 Å². The van der Waals surface area contributed by atoms with Gasteiger partial charge in [0.05, 0.1) is 6.10 Å². The van der Waals surface area contributed by atoms with Crippen LogP contribution in [0.3, 0.4) is 0 Å². The number of carbonyl (C=O) groups is 1. The number of rotatable bonds is 4. The minimum absolute atomic E-state index is 0.0570. The summed E-state index contributed by atoms with van der Waals surface area (Å²) < 4.78 is 26.5. The lowest BCUT2D eigenvalue weighted by molar-refractivity contribution is -0.120. The predicted octanol–water partition coefficient (Wildman–Crippen LogP) is 1.60. The fourth-order valence-electron chi connectivity index (χ4n) is 2.74. The number of benzene rings is 1. The summed E-state index contributed by atoms with van der Waals surface area (Å²) in [5.41, 5.74) is 0.0954. The Kier molecular flexibility index (Phi) is 5.25. The van der Waals surface area contributed by atoms with Gasteiger partial charge >= 0.3 is 0 Å². The van der Waals surface area contributed by atoms with Crippen LogP contribution in [0.4, 0.5) is 8.78 Å². The summed E-state index contributed by atoms with van der Waals surface area (Å²) in [6.07, 6.45) is 0.794. The average Bonchev–Trinajstić information content (AvgIpc) is 2.37. The molecule has 21 heavy (non-hydrogen) atoms. The smallest absolute Gasteiger partial charge is 0.217 e. The number of aliphatic hydroxyl groups is 1. The van der Waals surface area contributed by atoms with Crippen molar-refractivity contribution in [3.63, 3.8) is 0 Å². The molecule has 116 valence electrons. The van der Waals surface area contributed by atoms with Gasteiger partial charge in [-0.25, -0.2) is 8.78 Å². The van der Waals surface area contributed by atoms with E-state index in [4.69, 9.17) is 0 Å². The number of nitrogens with zero attached hydrogens (tertiary/aromatic N) is 1. The molecule has 1 aromatic rings. The fourth-order valence-corrected chi connectivity index (χ4v) is 2.74. The summed E-state index contributed by atoms with van der Waals surface area (Å²) in [5.74, 6) is -1.47. The molecular formula is C15H20F2N2O2. The van der Waals surface area contributed by atoms with Gasteiger partial charge in [-0.3, -0.25) is 9.69 Å². The number of aliphatic hydroxyl groups excluding tert-OH is 1. The van der Waals surface area contributed by atoms with E-state index in [0.717, 1.165) is 31.5 Å².